The van der Waals surface area contributed by atoms with Crippen LogP contribution in [0, 0.1) is 0 Å². The lowest BCUT2D eigenvalue weighted by Crippen LogP contribution is -2.36. The first-order chi connectivity index (χ1) is 11.1. The summed E-state index contributed by atoms with van der Waals surface area (Å²) >= 11 is 0. The van der Waals surface area contributed by atoms with Gasteiger partial charge in [0.2, 0.25) is 0 Å². The highest BCUT2D eigenvalue weighted by molar-refractivity contribution is 5.68. The van der Waals surface area contributed by atoms with Crippen LogP contribution in [0.25, 0.3) is 0 Å². The van der Waals surface area contributed by atoms with Crippen molar-refractivity contribution in [3.63, 3.8) is 0 Å². The topological polar surface area (TPSA) is 42.0 Å². The van der Waals surface area contributed by atoms with E-state index in [4.69, 9.17) is 9.47 Å². The lowest BCUT2D eigenvalue weighted by molar-refractivity contribution is 0.102. The molecule has 1 heterocycles. The highest BCUT2D eigenvalue weighted by atomic mass is 16.6. The summed E-state index contributed by atoms with van der Waals surface area (Å²) in [6.45, 7) is 10.8. The lowest BCUT2D eigenvalue weighted by atomic mass is 9.96. The van der Waals surface area contributed by atoms with E-state index in [1.165, 1.54) is 11.1 Å². The van der Waals surface area contributed by atoms with Crippen molar-refractivity contribution in [3.05, 3.63) is 28.8 Å². The van der Waals surface area contributed by atoms with Crippen LogP contribution in [0.5, 0.6) is 5.75 Å². The molecule has 1 aromatic rings. The average Bonchev–Trinajstić information content (AvgIpc) is 2.58. The van der Waals surface area contributed by atoms with E-state index in [1.807, 2.05) is 6.92 Å². The minimum atomic E-state index is -0.232. The third kappa shape index (κ3) is 4.16. The molecule has 2 rings (SSSR count). The number of benzene rings is 1. The standard InChI is InChI=1S/C18H28N2O3/c1-5-19(6-2)12-16-10-14-8-9-20(18(21)23-7-3)13-15(14)11-17(16)22-4/h10-11H,5-9,12-13H2,1-4H3. The molecule has 0 saturated heterocycles. The number of fused-ring (bicyclic) bond motifs is 1. The second-order valence-corrected chi connectivity index (χ2v) is 5.76. The van der Waals surface area contributed by atoms with Gasteiger partial charge >= 0.3 is 6.09 Å². The summed E-state index contributed by atoms with van der Waals surface area (Å²) in [6.07, 6.45) is 0.632. The van der Waals surface area contributed by atoms with Gasteiger partial charge in [0.05, 0.1) is 13.7 Å². The molecular weight excluding hydrogens is 292 g/mol. The number of carbonyl (C=O) groups excluding carboxylic acids is 1. The van der Waals surface area contributed by atoms with Gasteiger partial charge in [0.15, 0.2) is 0 Å². The Kier molecular flexibility index (Phi) is 6.28. The van der Waals surface area contributed by atoms with Crippen molar-refractivity contribution in [1.82, 2.24) is 9.80 Å². The Bertz CT molecular complexity index is 541. The molecule has 128 valence electrons. The van der Waals surface area contributed by atoms with Crippen molar-refractivity contribution in [2.75, 3.05) is 33.4 Å². The number of methoxy groups -OCH3 is 1. The van der Waals surface area contributed by atoms with Crippen LogP contribution in [-0.4, -0.2) is 49.2 Å². The maximum absolute atomic E-state index is 11.9. The van der Waals surface area contributed by atoms with E-state index in [0.717, 1.165) is 37.4 Å². The van der Waals surface area contributed by atoms with Crippen LogP contribution in [0.15, 0.2) is 12.1 Å². The predicted octanol–water partition coefficient (Wildman–Crippen LogP) is 3.05. The van der Waals surface area contributed by atoms with Gasteiger partial charge in [-0.1, -0.05) is 19.9 Å². The zero-order valence-corrected chi connectivity index (χ0v) is 14.7. The van der Waals surface area contributed by atoms with Crippen LogP contribution in [-0.2, 0) is 24.2 Å². The molecule has 0 fully saturated rings. The number of ether oxygens (including phenoxy) is 2. The van der Waals surface area contributed by atoms with Crippen molar-refractivity contribution < 1.29 is 14.3 Å². The molecule has 0 atom stereocenters. The SMILES string of the molecule is CCOC(=O)N1CCc2cc(CN(CC)CC)c(OC)cc2C1. The highest BCUT2D eigenvalue weighted by Crippen LogP contribution is 2.29. The van der Waals surface area contributed by atoms with Gasteiger partial charge < -0.3 is 14.4 Å². The van der Waals surface area contributed by atoms with E-state index in [9.17, 15) is 4.79 Å². The molecular formula is C18H28N2O3. The lowest BCUT2D eigenvalue weighted by Gasteiger charge is -2.29. The maximum Gasteiger partial charge on any atom is 0.410 e. The first-order valence-corrected chi connectivity index (χ1v) is 8.45. The van der Waals surface area contributed by atoms with E-state index in [2.05, 4.69) is 30.9 Å². The predicted molar refractivity (Wildman–Crippen MR) is 90.8 cm³/mol. The van der Waals surface area contributed by atoms with Crippen molar-refractivity contribution in [3.8, 4) is 5.75 Å². The normalized spacial score (nSPS) is 13.9. The van der Waals surface area contributed by atoms with Gasteiger partial charge in [-0.05, 0) is 43.6 Å². The summed E-state index contributed by atoms with van der Waals surface area (Å²) in [4.78, 5) is 16.1. The van der Waals surface area contributed by atoms with Gasteiger partial charge in [0, 0.05) is 25.2 Å². The van der Waals surface area contributed by atoms with Gasteiger partial charge in [-0.2, -0.15) is 0 Å². The third-order valence-corrected chi connectivity index (χ3v) is 4.43. The van der Waals surface area contributed by atoms with Gasteiger partial charge in [0.25, 0.3) is 0 Å². The van der Waals surface area contributed by atoms with Crippen molar-refractivity contribution in [2.24, 2.45) is 0 Å². The molecule has 0 spiro atoms. The molecule has 1 amide bonds. The summed E-state index contributed by atoms with van der Waals surface area (Å²) in [5, 5.41) is 0. The summed E-state index contributed by atoms with van der Waals surface area (Å²) in [5.74, 6) is 0.904. The summed E-state index contributed by atoms with van der Waals surface area (Å²) in [7, 11) is 1.71. The molecule has 0 saturated carbocycles. The van der Waals surface area contributed by atoms with Crippen molar-refractivity contribution in [1.29, 1.82) is 0 Å². The second kappa shape index (κ2) is 8.20. The molecule has 5 nitrogen and oxygen atoms in total. The fraction of sp³-hybridized carbons (Fsp3) is 0.611. The molecule has 1 aromatic carbocycles. The molecule has 0 aliphatic carbocycles. The van der Waals surface area contributed by atoms with Crippen molar-refractivity contribution in [2.45, 2.75) is 40.3 Å². The Morgan fingerprint density at radius 1 is 1.22 bits per heavy atom. The van der Waals surface area contributed by atoms with Gasteiger partial charge in [0.1, 0.15) is 5.75 Å². The quantitative estimate of drug-likeness (QED) is 0.808. The molecule has 1 aliphatic heterocycles. The zero-order chi connectivity index (χ0) is 16.8. The Labute approximate surface area is 139 Å². The average molecular weight is 320 g/mol. The fourth-order valence-corrected chi connectivity index (χ4v) is 3.01. The summed E-state index contributed by atoms with van der Waals surface area (Å²) in [6, 6.07) is 4.33. The van der Waals surface area contributed by atoms with Gasteiger partial charge in [-0.3, -0.25) is 4.90 Å². The molecule has 23 heavy (non-hydrogen) atoms. The second-order valence-electron chi connectivity index (χ2n) is 5.76. The number of hydrogen-bond acceptors (Lipinski definition) is 4. The van der Waals surface area contributed by atoms with E-state index in [1.54, 1.807) is 12.0 Å². The van der Waals surface area contributed by atoms with Crippen molar-refractivity contribution >= 4 is 6.09 Å². The number of amides is 1. The molecule has 1 aliphatic rings. The number of rotatable bonds is 6. The molecule has 0 unspecified atom stereocenters. The molecule has 0 aromatic heterocycles. The van der Waals surface area contributed by atoms with E-state index in [0.29, 0.717) is 19.7 Å². The summed E-state index contributed by atoms with van der Waals surface area (Å²) in [5.41, 5.74) is 3.69. The van der Waals surface area contributed by atoms with Crippen LogP contribution < -0.4 is 4.74 Å². The van der Waals surface area contributed by atoms with Crippen LogP contribution in [0.4, 0.5) is 4.79 Å². The molecule has 5 heteroatoms. The first kappa shape index (κ1) is 17.6. The first-order valence-electron chi connectivity index (χ1n) is 8.45. The molecule has 0 bridgehead atoms. The van der Waals surface area contributed by atoms with E-state index >= 15 is 0 Å². The minimum absolute atomic E-state index is 0.232. The fourth-order valence-electron chi connectivity index (χ4n) is 3.01. The van der Waals surface area contributed by atoms with Crippen LogP contribution in [0.2, 0.25) is 0 Å². The van der Waals surface area contributed by atoms with Gasteiger partial charge in [-0.25, -0.2) is 4.79 Å². The smallest absolute Gasteiger partial charge is 0.410 e. The number of nitrogens with zero attached hydrogens (tertiary/aromatic N) is 2. The van der Waals surface area contributed by atoms with E-state index in [-0.39, 0.29) is 6.09 Å². The van der Waals surface area contributed by atoms with Crippen LogP contribution in [0.3, 0.4) is 0 Å². The maximum atomic E-state index is 11.9. The van der Waals surface area contributed by atoms with Gasteiger partial charge in [-0.15, -0.1) is 0 Å². The Morgan fingerprint density at radius 3 is 2.57 bits per heavy atom. The molecule has 0 N–H and O–H groups in total. The monoisotopic (exact) mass is 320 g/mol. The molecule has 0 radical (unpaired) electrons. The summed E-state index contributed by atoms with van der Waals surface area (Å²) < 4.78 is 10.7. The Balaban J connectivity index is 2.21. The van der Waals surface area contributed by atoms with Crippen LogP contribution in [0.1, 0.15) is 37.5 Å². The highest BCUT2D eigenvalue weighted by Gasteiger charge is 2.23. The number of carbonyl (C=O) groups is 1. The zero-order valence-electron chi connectivity index (χ0n) is 14.7. The van der Waals surface area contributed by atoms with Crippen LogP contribution >= 0.6 is 0 Å². The van der Waals surface area contributed by atoms with E-state index < -0.39 is 0 Å². The Morgan fingerprint density at radius 2 is 1.96 bits per heavy atom. The largest absolute Gasteiger partial charge is 0.496 e. The number of hydrogen-bond donors (Lipinski definition) is 0. The Hall–Kier alpha value is -1.75. The minimum Gasteiger partial charge on any atom is -0.496 e. The third-order valence-electron chi connectivity index (χ3n) is 4.43.